The van der Waals surface area contributed by atoms with Gasteiger partial charge in [0, 0.05) is 29.4 Å². The Labute approximate surface area is 220 Å². The van der Waals surface area contributed by atoms with E-state index in [4.69, 9.17) is 4.74 Å². The second-order valence-corrected chi connectivity index (χ2v) is 11.2. The highest BCUT2D eigenvalue weighted by atomic mass is 16.5. The first-order valence-electron chi connectivity index (χ1n) is 13.6. The summed E-state index contributed by atoms with van der Waals surface area (Å²) in [6.07, 6.45) is 4.78. The first-order chi connectivity index (χ1) is 18.4. The van der Waals surface area contributed by atoms with E-state index in [9.17, 15) is 24.3 Å². The molecule has 2 aliphatic carbocycles. The molecule has 1 aromatic carbocycles. The first-order valence-corrected chi connectivity index (χ1v) is 13.6. The second kappa shape index (κ2) is 9.72. The molecule has 0 unspecified atom stereocenters. The van der Waals surface area contributed by atoms with Gasteiger partial charge in [0.2, 0.25) is 11.8 Å². The number of nitrogens with one attached hydrogen (secondary N) is 3. The number of nitrogens with zero attached hydrogens (tertiary/aromatic N) is 1. The Morgan fingerprint density at radius 3 is 2.74 bits per heavy atom. The third-order valence-corrected chi connectivity index (χ3v) is 9.35. The van der Waals surface area contributed by atoms with Crippen LogP contribution in [0, 0.1) is 23.7 Å². The van der Waals surface area contributed by atoms with Crippen LogP contribution in [0.25, 0.3) is 10.9 Å². The predicted molar refractivity (Wildman–Crippen MR) is 137 cm³/mol. The Balaban J connectivity index is 1.24. The molecule has 4 aliphatic rings. The van der Waals surface area contributed by atoms with Gasteiger partial charge in [0.15, 0.2) is 5.78 Å². The summed E-state index contributed by atoms with van der Waals surface area (Å²) >= 11 is 0. The van der Waals surface area contributed by atoms with E-state index in [1.54, 1.807) is 18.1 Å². The standard InChI is InChI=1S/C28H34N4O6/c1-38-24-7-3-6-19-18(24)11-22(29-19)28(37)32-12-14-4-2-5-15(14)25(32)27(36)31-21(23(34)13-33)10-17-16-8-9-20(16)30-26(17)35/h3,6-7,11,14-17,20-21,25,29,33H,2,4-5,8-10,12-13H2,1H3,(H,30,35)(H,31,36)/t14-,15-,16+,17+,20+,21-,25-/m0/s1. The molecular formula is C28H34N4O6. The molecule has 38 heavy (non-hydrogen) atoms. The van der Waals surface area contributed by atoms with Crippen LogP contribution in [0.1, 0.15) is 49.0 Å². The summed E-state index contributed by atoms with van der Waals surface area (Å²) in [5.74, 6) is -0.591. The molecule has 202 valence electrons. The Kier molecular flexibility index (Phi) is 6.37. The van der Waals surface area contributed by atoms with Gasteiger partial charge in [-0.15, -0.1) is 0 Å². The summed E-state index contributed by atoms with van der Waals surface area (Å²) in [4.78, 5) is 57.6. The number of H-pyrrole nitrogens is 1. The topological polar surface area (TPSA) is 141 Å². The SMILES string of the molecule is COc1cccc2[nH]c(C(=O)N3C[C@@H]4CCC[C@@H]4[C@H]3C(=O)N[C@@H](C[C@H]3C(=O)N[C@@H]4CC[C@@H]43)C(=O)CO)cc12. The summed E-state index contributed by atoms with van der Waals surface area (Å²) in [6, 6.07) is 5.75. The van der Waals surface area contributed by atoms with Crippen LogP contribution >= 0.6 is 0 Å². The maximum atomic E-state index is 13.8. The fourth-order valence-corrected chi connectivity index (χ4v) is 7.27. The average molecular weight is 523 g/mol. The van der Waals surface area contributed by atoms with Crippen LogP contribution < -0.4 is 15.4 Å². The molecule has 2 saturated carbocycles. The van der Waals surface area contributed by atoms with Gasteiger partial charge in [0.05, 0.1) is 13.2 Å². The molecule has 4 fully saturated rings. The van der Waals surface area contributed by atoms with Crippen molar-refractivity contribution in [2.45, 2.75) is 56.7 Å². The zero-order valence-corrected chi connectivity index (χ0v) is 21.4. The molecule has 1 aromatic heterocycles. The number of ether oxygens (including phenoxy) is 1. The molecule has 7 atom stereocenters. The molecule has 10 heteroatoms. The minimum absolute atomic E-state index is 0.00790. The van der Waals surface area contributed by atoms with Crippen LogP contribution in [0.4, 0.5) is 0 Å². The van der Waals surface area contributed by atoms with E-state index in [-0.39, 0.29) is 47.9 Å². The van der Waals surface area contributed by atoms with Crippen molar-refractivity contribution in [1.29, 1.82) is 0 Å². The van der Waals surface area contributed by atoms with E-state index in [1.807, 2.05) is 18.2 Å². The minimum atomic E-state index is -0.975. The van der Waals surface area contributed by atoms with Gasteiger partial charge >= 0.3 is 0 Å². The smallest absolute Gasteiger partial charge is 0.271 e. The van der Waals surface area contributed by atoms with Crippen LogP contribution in [0.15, 0.2) is 24.3 Å². The molecule has 0 bridgehead atoms. The molecule has 4 N–H and O–H groups in total. The van der Waals surface area contributed by atoms with Crippen molar-refractivity contribution in [1.82, 2.24) is 20.5 Å². The lowest BCUT2D eigenvalue weighted by Crippen LogP contribution is -2.54. The quantitative estimate of drug-likeness (QED) is 0.413. The van der Waals surface area contributed by atoms with Gasteiger partial charge in [0.1, 0.15) is 24.1 Å². The number of methoxy groups -OCH3 is 1. The third kappa shape index (κ3) is 4.05. The van der Waals surface area contributed by atoms with Crippen LogP contribution in [0.5, 0.6) is 5.75 Å². The lowest BCUT2D eigenvalue weighted by atomic mass is 9.73. The van der Waals surface area contributed by atoms with Gasteiger partial charge in [-0.2, -0.15) is 0 Å². The van der Waals surface area contributed by atoms with E-state index in [0.717, 1.165) is 43.0 Å². The monoisotopic (exact) mass is 522 g/mol. The van der Waals surface area contributed by atoms with Crippen molar-refractivity contribution in [3.8, 4) is 5.75 Å². The van der Waals surface area contributed by atoms with Crippen LogP contribution in [-0.4, -0.2) is 76.9 Å². The Morgan fingerprint density at radius 2 is 2.03 bits per heavy atom. The predicted octanol–water partition coefficient (Wildman–Crippen LogP) is 1.38. The zero-order valence-electron chi connectivity index (χ0n) is 21.4. The summed E-state index contributed by atoms with van der Waals surface area (Å²) in [5.41, 5.74) is 1.15. The third-order valence-electron chi connectivity index (χ3n) is 9.35. The lowest BCUT2D eigenvalue weighted by molar-refractivity contribution is -0.133. The normalized spacial score (nSPS) is 30.4. The number of fused-ring (bicyclic) bond motifs is 3. The molecule has 3 heterocycles. The number of amides is 3. The highest BCUT2D eigenvalue weighted by molar-refractivity contribution is 6.02. The van der Waals surface area contributed by atoms with Crippen molar-refractivity contribution in [3.05, 3.63) is 30.0 Å². The van der Waals surface area contributed by atoms with Crippen molar-refractivity contribution in [2.75, 3.05) is 20.3 Å². The number of Topliss-reactive ketones (excluding diaryl/α,β-unsaturated/α-hetero) is 1. The van der Waals surface area contributed by atoms with Crippen molar-refractivity contribution < 1.29 is 29.0 Å². The molecule has 6 rings (SSSR count). The Morgan fingerprint density at radius 1 is 1.18 bits per heavy atom. The number of hydrogen-bond acceptors (Lipinski definition) is 6. The molecule has 2 saturated heterocycles. The van der Waals surface area contributed by atoms with E-state index in [0.29, 0.717) is 18.0 Å². The van der Waals surface area contributed by atoms with Gasteiger partial charge < -0.3 is 30.4 Å². The zero-order chi connectivity index (χ0) is 26.6. The number of ketones is 1. The number of aliphatic hydroxyl groups excluding tert-OH is 1. The lowest BCUT2D eigenvalue weighted by Gasteiger charge is -2.33. The van der Waals surface area contributed by atoms with E-state index in [2.05, 4.69) is 15.6 Å². The Bertz CT molecular complexity index is 1290. The van der Waals surface area contributed by atoms with Crippen LogP contribution in [-0.2, 0) is 14.4 Å². The van der Waals surface area contributed by atoms with Gasteiger partial charge in [-0.1, -0.05) is 12.5 Å². The average Bonchev–Trinajstić information content (AvgIpc) is 3.66. The fraction of sp³-hybridized carbons (Fsp3) is 0.571. The Hall–Kier alpha value is -3.40. The van der Waals surface area contributed by atoms with Gasteiger partial charge in [-0.3, -0.25) is 19.2 Å². The maximum Gasteiger partial charge on any atom is 0.271 e. The molecule has 10 nitrogen and oxygen atoms in total. The molecule has 0 radical (unpaired) electrons. The number of aromatic nitrogens is 1. The van der Waals surface area contributed by atoms with Crippen LogP contribution in [0.2, 0.25) is 0 Å². The minimum Gasteiger partial charge on any atom is -0.496 e. The molecule has 2 aliphatic heterocycles. The number of aliphatic hydroxyl groups is 1. The highest BCUT2D eigenvalue weighted by Gasteiger charge is 2.51. The number of hydrogen-bond donors (Lipinski definition) is 4. The number of carbonyl (C=O) groups is 4. The largest absolute Gasteiger partial charge is 0.496 e. The maximum absolute atomic E-state index is 13.8. The van der Waals surface area contributed by atoms with Crippen molar-refractivity contribution >= 4 is 34.4 Å². The van der Waals surface area contributed by atoms with Gasteiger partial charge in [-0.25, -0.2) is 0 Å². The van der Waals surface area contributed by atoms with Gasteiger partial charge in [0.25, 0.3) is 5.91 Å². The summed E-state index contributed by atoms with van der Waals surface area (Å²) in [6.45, 7) is -0.245. The number of aromatic amines is 1. The van der Waals surface area contributed by atoms with Crippen molar-refractivity contribution in [3.63, 3.8) is 0 Å². The summed E-state index contributed by atoms with van der Waals surface area (Å²) < 4.78 is 5.43. The van der Waals surface area contributed by atoms with E-state index in [1.165, 1.54) is 0 Å². The van der Waals surface area contributed by atoms with Crippen molar-refractivity contribution in [2.24, 2.45) is 23.7 Å². The number of rotatable bonds is 8. The first kappa shape index (κ1) is 24.9. The number of benzene rings is 1. The second-order valence-electron chi connectivity index (χ2n) is 11.2. The molecule has 3 amide bonds. The number of likely N-dealkylation sites (tertiary alicyclic amines) is 1. The van der Waals surface area contributed by atoms with Crippen LogP contribution in [0.3, 0.4) is 0 Å². The highest BCUT2D eigenvalue weighted by Crippen LogP contribution is 2.44. The van der Waals surface area contributed by atoms with E-state index < -0.39 is 30.4 Å². The fourth-order valence-electron chi connectivity index (χ4n) is 7.27. The number of carbonyl (C=O) groups excluding carboxylic acids is 4. The van der Waals surface area contributed by atoms with Gasteiger partial charge in [-0.05, 0) is 68.1 Å². The summed E-state index contributed by atoms with van der Waals surface area (Å²) in [5, 5.41) is 16.2. The molecule has 2 aromatic rings. The summed E-state index contributed by atoms with van der Waals surface area (Å²) in [7, 11) is 1.58. The van der Waals surface area contributed by atoms with E-state index >= 15 is 0 Å². The molecular weight excluding hydrogens is 488 g/mol. The molecule has 0 spiro atoms.